The molecule has 0 N–H and O–H groups in total. The lowest BCUT2D eigenvalue weighted by molar-refractivity contribution is -0.182. The van der Waals surface area contributed by atoms with Crippen LogP contribution in [0.2, 0.25) is 0 Å². The largest absolute Gasteiger partial charge is 0.493 e. The maximum Gasteiger partial charge on any atom is 0.325 e. The van der Waals surface area contributed by atoms with Gasteiger partial charge in [0.15, 0.2) is 41.9 Å². The lowest BCUT2D eigenvalue weighted by atomic mass is 10.1. The van der Waals surface area contributed by atoms with Crippen LogP contribution in [0.15, 0.2) is 97.1 Å². The van der Waals surface area contributed by atoms with Gasteiger partial charge in [-0.3, -0.25) is 14.6 Å². The van der Waals surface area contributed by atoms with Gasteiger partial charge < -0.3 is 47.4 Å². The van der Waals surface area contributed by atoms with E-state index in [1.807, 2.05) is 143 Å². The molecule has 4 unspecified atom stereocenters. The second-order valence-electron chi connectivity index (χ2n) is 15.3. The third-order valence-electron chi connectivity index (χ3n) is 10.4. The molecule has 0 amide bonds. The highest BCUT2D eigenvalue weighted by Crippen LogP contribution is 2.31. The molecule has 2 aliphatic heterocycles. The molecule has 346 valence electrons. The van der Waals surface area contributed by atoms with Gasteiger partial charge >= 0.3 is 5.97 Å². The zero-order chi connectivity index (χ0) is 45.7. The lowest BCUT2D eigenvalue weighted by Gasteiger charge is -2.32. The van der Waals surface area contributed by atoms with Gasteiger partial charge in [0.05, 0.1) is 34.0 Å². The van der Waals surface area contributed by atoms with E-state index >= 15 is 0 Å². The average Bonchev–Trinajstić information content (AvgIpc) is 3.31. The molecule has 4 aromatic rings. The zero-order valence-corrected chi connectivity index (χ0v) is 38.7. The van der Waals surface area contributed by atoms with Crippen LogP contribution in [-0.2, 0) is 36.8 Å². The van der Waals surface area contributed by atoms with Crippen molar-refractivity contribution in [1.82, 2.24) is 9.80 Å². The van der Waals surface area contributed by atoms with Gasteiger partial charge in [-0.1, -0.05) is 72.8 Å². The summed E-state index contributed by atoms with van der Waals surface area (Å²) in [5, 5.41) is 0. The monoisotopic (exact) mass is 882 g/mol. The van der Waals surface area contributed by atoms with Crippen molar-refractivity contribution in [1.29, 1.82) is 0 Å². The molecule has 13 nitrogen and oxygen atoms in total. The maximum absolute atomic E-state index is 12.6. The molecule has 2 aliphatic rings. The van der Waals surface area contributed by atoms with Crippen molar-refractivity contribution in [2.45, 2.75) is 92.4 Å². The van der Waals surface area contributed by atoms with E-state index < -0.39 is 18.6 Å². The van der Waals surface area contributed by atoms with E-state index in [1.54, 1.807) is 21.1 Å². The molecule has 0 fully saturated rings. The summed E-state index contributed by atoms with van der Waals surface area (Å²) in [6.45, 7) is 16.0. The number of rotatable bonds is 22. The van der Waals surface area contributed by atoms with Gasteiger partial charge in [-0.05, 0) is 102 Å². The van der Waals surface area contributed by atoms with E-state index in [2.05, 4.69) is 11.0 Å². The first kappa shape index (κ1) is 49.4. The van der Waals surface area contributed by atoms with Crippen molar-refractivity contribution in [3.05, 3.63) is 119 Å². The van der Waals surface area contributed by atoms with Gasteiger partial charge in [0.25, 0.3) is 0 Å². The molecule has 0 bridgehead atoms. The van der Waals surface area contributed by atoms with Crippen molar-refractivity contribution in [3.63, 3.8) is 0 Å². The Hall–Kier alpha value is -5.57. The second kappa shape index (κ2) is 26.3. The second-order valence-corrected chi connectivity index (χ2v) is 15.3. The molecule has 13 heteroatoms. The minimum atomic E-state index is -0.630. The number of carbonyl (C=O) groups is 1. The lowest BCUT2D eigenvalue weighted by Crippen LogP contribution is -2.44. The zero-order valence-electron chi connectivity index (χ0n) is 38.7. The molecule has 64 heavy (non-hydrogen) atoms. The molecular weight excluding hydrogens is 817 g/mol. The van der Waals surface area contributed by atoms with E-state index in [-0.39, 0.29) is 12.3 Å². The first-order chi connectivity index (χ1) is 31.1. The number of para-hydroxylation sites is 2. The smallest absolute Gasteiger partial charge is 0.325 e. The highest BCUT2D eigenvalue weighted by Gasteiger charge is 2.28. The summed E-state index contributed by atoms with van der Waals surface area (Å²) in [5.41, 5.74) is 4.38. The fourth-order valence-corrected chi connectivity index (χ4v) is 6.88. The fraction of sp³-hybridized carbons (Fsp3) is 0.431. The van der Waals surface area contributed by atoms with Crippen molar-refractivity contribution in [3.8, 4) is 34.5 Å². The number of ether oxygens (including phenoxy) is 10. The van der Waals surface area contributed by atoms with E-state index in [0.29, 0.717) is 62.8 Å². The number of carbonyl (C=O) groups excluding carboxylic acids is 1. The number of methoxy groups -OCH3 is 2. The van der Waals surface area contributed by atoms with Gasteiger partial charge in [-0.15, -0.1) is 0 Å². The molecule has 6 rings (SSSR count). The molecule has 0 saturated carbocycles. The van der Waals surface area contributed by atoms with Crippen LogP contribution in [0.5, 0.6) is 34.5 Å². The fourth-order valence-electron chi connectivity index (χ4n) is 6.88. The van der Waals surface area contributed by atoms with Crippen molar-refractivity contribution in [2.75, 3.05) is 54.0 Å². The van der Waals surface area contributed by atoms with Crippen LogP contribution in [0.25, 0.3) is 12.2 Å². The van der Waals surface area contributed by atoms with Gasteiger partial charge in [0.2, 0.25) is 0 Å². The Morgan fingerprint density at radius 3 is 1.67 bits per heavy atom. The summed E-state index contributed by atoms with van der Waals surface area (Å²) in [5.74, 6) is 4.17. The highest BCUT2D eigenvalue weighted by molar-refractivity contribution is 5.75. The third kappa shape index (κ3) is 15.6. The van der Waals surface area contributed by atoms with Gasteiger partial charge in [-0.2, -0.15) is 0 Å². The number of allylic oxidation sites excluding steroid dienone is 2. The summed E-state index contributed by atoms with van der Waals surface area (Å²) >= 11 is 0. The van der Waals surface area contributed by atoms with Crippen LogP contribution in [0.3, 0.4) is 0 Å². The van der Waals surface area contributed by atoms with E-state index in [9.17, 15) is 4.79 Å². The highest BCUT2D eigenvalue weighted by atomic mass is 16.7. The Kier molecular flexibility index (Phi) is 20.3. The standard InChI is InChI=1S/C29H39NO7.C22H27NO4/c1-6-11-24-14-15-27(28(18-24)32-5)36-22(3)33-16-9-10-17-34-23(4)37-29(31)21(2)30-19-25-12-7-8-13-26(25)35-20-30;1-4-7-18-10-11-21(22(14-18)24-3)27-17(2)25-13-12-23-15-19-8-5-6-9-20(19)26-16-23/h6-8,11-15,18,21-23H,9-10,16-17,19-20H2,1-5H3;4-11,14,17H,12-13,15-16H2,1-3H3/b11-6+;7-4+. The van der Waals surface area contributed by atoms with E-state index in [0.717, 1.165) is 54.1 Å². The Morgan fingerprint density at radius 2 is 1.12 bits per heavy atom. The number of unbranched alkanes of at least 4 members (excludes halogenated alkanes) is 1. The molecule has 0 saturated heterocycles. The van der Waals surface area contributed by atoms with Crippen LogP contribution >= 0.6 is 0 Å². The summed E-state index contributed by atoms with van der Waals surface area (Å²) in [7, 11) is 3.26. The Labute approximate surface area is 379 Å². The number of fused-ring (bicyclic) bond motifs is 2. The van der Waals surface area contributed by atoms with Crippen molar-refractivity contribution < 1.29 is 52.2 Å². The average molecular weight is 883 g/mol. The van der Waals surface area contributed by atoms with E-state index in [4.69, 9.17) is 47.4 Å². The predicted molar refractivity (Wildman–Crippen MR) is 248 cm³/mol. The Bertz CT molecular complexity index is 2090. The summed E-state index contributed by atoms with van der Waals surface area (Å²) in [6, 6.07) is 27.2. The van der Waals surface area contributed by atoms with Crippen molar-refractivity contribution >= 4 is 18.1 Å². The molecule has 4 aromatic carbocycles. The molecule has 0 aliphatic carbocycles. The van der Waals surface area contributed by atoms with Gasteiger partial charge in [0.1, 0.15) is 31.0 Å². The molecule has 2 heterocycles. The molecular formula is C51H66N2O11. The van der Waals surface area contributed by atoms with Crippen LogP contribution in [-0.4, -0.2) is 94.7 Å². The summed E-state index contributed by atoms with van der Waals surface area (Å²) in [6.07, 6.45) is 8.11. The molecule has 0 radical (unpaired) electrons. The number of hydrogen-bond acceptors (Lipinski definition) is 13. The summed E-state index contributed by atoms with van der Waals surface area (Å²) in [4.78, 5) is 16.7. The van der Waals surface area contributed by atoms with Crippen LogP contribution in [0, 0.1) is 0 Å². The van der Waals surface area contributed by atoms with Crippen LogP contribution in [0.4, 0.5) is 0 Å². The SMILES string of the molecule is C/C=C/c1ccc(OC(C)OCCCCOC(C)OC(=O)C(C)N2COc3ccccc3C2)c(OC)c1.C/C=C/c1ccc(OC(C)OCCN2COc3ccccc3C2)c(OC)c1. The first-order valence-corrected chi connectivity index (χ1v) is 22.0. The van der Waals surface area contributed by atoms with Crippen LogP contribution < -0.4 is 28.4 Å². The quantitative estimate of drug-likeness (QED) is 0.0424. The Morgan fingerprint density at radius 1 is 0.625 bits per heavy atom. The number of benzene rings is 4. The molecule has 0 aromatic heterocycles. The minimum Gasteiger partial charge on any atom is -0.493 e. The number of nitrogens with zero attached hydrogens (tertiary/aromatic N) is 2. The summed E-state index contributed by atoms with van der Waals surface area (Å²) < 4.78 is 56.9. The molecule has 0 spiro atoms. The van der Waals surface area contributed by atoms with Crippen LogP contribution in [0.1, 0.15) is 76.6 Å². The van der Waals surface area contributed by atoms with E-state index in [1.165, 1.54) is 5.56 Å². The maximum atomic E-state index is 12.6. The topological polar surface area (TPSA) is 116 Å². The predicted octanol–water partition coefficient (Wildman–Crippen LogP) is 9.72. The molecule has 4 atom stereocenters. The van der Waals surface area contributed by atoms with Crippen molar-refractivity contribution in [2.24, 2.45) is 0 Å². The third-order valence-corrected chi connectivity index (χ3v) is 10.4. The van der Waals surface area contributed by atoms with Gasteiger partial charge in [-0.25, -0.2) is 0 Å². The first-order valence-electron chi connectivity index (χ1n) is 22.0. The Balaban J connectivity index is 0.000000253. The minimum absolute atomic E-state index is 0.334. The normalized spacial score (nSPS) is 15.6. The number of hydrogen-bond donors (Lipinski definition) is 0. The van der Waals surface area contributed by atoms with Gasteiger partial charge in [0, 0.05) is 30.8 Å². The number of esters is 1.